The molecule has 0 saturated carbocycles. The molecular formula is C13H18Br2N2O2. The normalized spacial score (nSPS) is 11.4. The smallest absolute Gasteiger partial charge is 0.226 e. The minimum absolute atomic E-state index is 0.00747. The molecule has 1 rings (SSSR count). The van der Waals surface area contributed by atoms with Crippen LogP contribution in [0.3, 0.4) is 0 Å². The second-order valence-electron chi connectivity index (χ2n) is 4.97. The lowest BCUT2D eigenvalue weighted by molar-refractivity contribution is -0.128. The van der Waals surface area contributed by atoms with Crippen LogP contribution in [-0.2, 0) is 11.3 Å². The molecule has 4 nitrogen and oxygen atoms in total. The molecule has 1 aromatic carbocycles. The van der Waals surface area contributed by atoms with E-state index < -0.39 is 5.41 Å². The molecule has 19 heavy (non-hydrogen) atoms. The number of aromatic hydroxyl groups is 1. The number of carbonyl (C=O) groups excluding carboxylic acids is 1. The van der Waals surface area contributed by atoms with Crippen LogP contribution in [0.15, 0.2) is 21.1 Å². The standard InChI is InChI=1S/C13H18Br2N2O2/c1-13(2,12(19)16-3)7-17-6-8-4-9(14)11(18)10(15)5-8/h4-5,17-18H,6-7H2,1-3H3,(H,16,19). The van der Waals surface area contributed by atoms with Crippen molar-refractivity contribution in [2.75, 3.05) is 13.6 Å². The summed E-state index contributed by atoms with van der Waals surface area (Å²) in [7, 11) is 1.64. The average Bonchev–Trinajstić information content (AvgIpc) is 2.34. The summed E-state index contributed by atoms with van der Waals surface area (Å²) in [6.45, 7) is 4.98. The Morgan fingerprint density at radius 1 is 1.32 bits per heavy atom. The largest absolute Gasteiger partial charge is 0.506 e. The molecule has 1 amide bonds. The molecule has 0 unspecified atom stereocenters. The van der Waals surface area contributed by atoms with Gasteiger partial charge in [-0.1, -0.05) is 0 Å². The van der Waals surface area contributed by atoms with E-state index in [-0.39, 0.29) is 11.7 Å². The zero-order chi connectivity index (χ0) is 14.6. The van der Waals surface area contributed by atoms with Crippen molar-refractivity contribution in [3.8, 4) is 5.75 Å². The molecule has 0 spiro atoms. The zero-order valence-electron chi connectivity index (χ0n) is 11.2. The predicted molar refractivity (Wildman–Crippen MR) is 83.1 cm³/mol. The first kappa shape index (κ1) is 16.5. The van der Waals surface area contributed by atoms with Gasteiger partial charge in [0.25, 0.3) is 0 Å². The number of carbonyl (C=O) groups is 1. The first-order valence-corrected chi connectivity index (χ1v) is 7.46. The first-order valence-electron chi connectivity index (χ1n) is 5.87. The number of phenols is 1. The molecule has 0 fully saturated rings. The van der Waals surface area contributed by atoms with E-state index in [9.17, 15) is 9.90 Å². The van der Waals surface area contributed by atoms with E-state index in [1.807, 2.05) is 26.0 Å². The molecule has 106 valence electrons. The van der Waals surface area contributed by atoms with Gasteiger partial charge in [-0.2, -0.15) is 0 Å². The number of hydrogen-bond donors (Lipinski definition) is 3. The fourth-order valence-electron chi connectivity index (χ4n) is 1.66. The Labute approximate surface area is 130 Å². The maximum absolute atomic E-state index is 11.6. The highest BCUT2D eigenvalue weighted by molar-refractivity contribution is 9.11. The lowest BCUT2D eigenvalue weighted by Crippen LogP contribution is -2.41. The van der Waals surface area contributed by atoms with Gasteiger partial charge >= 0.3 is 0 Å². The van der Waals surface area contributed by atoms with Crippen LogP contribution in [0.4, 0.5) is 0 Å². The van der Waals surface area contributed by atoms with Crippen LogP contribution in [0.2, 0.25) is 0 Å². The SMILES string of the molecule is CNC(=O)C(C)(C)CNCc1cc(Br)c(O)c(Br)c1. The Morgan fingerprint density at radius 2 is 1.84 bits per heavy atom. The number of rotatable bonds is 5. The van der Waals surface area contributed by atoms with Gasteiger partial charge in [-0.15, -0.1) is 0 Å². The van der Waals surface area contributed by atoms with E-state index in [1.54, 1.807) is 7.05 Å². The number of benzene rings is 1. The quantitative estimate of drug-likeness (QED) is 0.720. The number of nitrogens with one attached hydrogen (secondary N) is 2. The summed E-state index contributed by atoms with van der Waals surface area (Å²) in [4.78, 5) is 11.6. The molecular weight excluding hydrogens is 376 g/mol. The fourth-order valence-corrected chi connectivity index (χ4v) is 2.94. The number of halogens is 2. The third-order valence-electron chi connectivity index (χ3n) is 2.81. The Balaban J connectivity index is 2.61. The molecule has 0 aromatic heterocycles. The van der Waals surface area contributed by atoms with Crippen molar-refractivity contribution in [3.05, 3.63) is 26.6 Å². The van der Waals surface area contributed by atoms with Gasteiger partial charge in [-0.05, 0) is 63.4 Å². The van der Waals surface area contributed by atoms with Crippen molar-refractivity contribution in [1.82, 2.24) is 10.6 Å². The summed E-state index contributed by atoms with van der Waals surface area (Å²) >= 11 is 6.58. The monoisotopic (exact) mass is 392 g/mol. The second-order valence-corrected chi connectivity index (χ2v) is 6.68. The van der Waals surface area contributed by atoms with E-state index in [0.29, 0.717) is 22.0 Å². The highest BCUT2D eigenvalue weighted by atomic mass is 79.9. The lowest BCUT2D eigenvalue weighted by Gasteiger charge is -2.23. The van der Waals surface area contributed by atoms with Gasteiger partial charge in [0, 0.05) is 20.1 Å². The molecule has 6 heteroatoms. The molecule has 0 aliphatic carbocycles. The van der Waals surface area contributed by atoms with E-state index in [1.165, 1.54) is 0 Å². The average molecular weight is 394 g/mol. The predicted octanol–water partition coefficient (Wildman–Crippen LogP) is 2.78. The summed E-state index contributed by atoms with van der Waals surface area (Å²) in [5, 5.41) is 15.5. The van der Waals surface area contributed by atoms with Crippen LogP contribution >= 0.6 is 31.9 Å². The summed E-state index contributed by atoms with van der Waals surface area (Å²) in [6.07, 6.45) is 0. The molecule has 0 bridgehead atoms. The van der Waals surface area contributed by atoms with E-state index in [2.05, 4.69) is 42.5 Å². The Kier molecular flexibility index (Phi) is 5.82. The zero-order valence-corrected chi connectivity index (χ0v) is 14.4. The van der Waals surface area contributed by atoms with Gasteiger partial charge in [-0.25, -0.2) is 0 Å². The van der Waals surface area contributed by atoms with Gasteiger partial charge in [0.1, 0.15) is 5.75 Å². The van der Waals surface area contributed by atoms with Crippen LogP contribution in [0.1, 0.15) is 19.4 Å². The molecule has 1 aromatic rings. The van der Waals surface area contributed by atoms with Crippen LogP contribution < -0.4 is 10.6 Å². The van der Waals surface area contributed by atoms with Crippen LogP contribution in [0.5, 0.6) is 5.75 Å². The van der Waals surface area contributed by atoms with Crippen LogP contribution in [-0.4, -0.2) is 24.6 Å². The molecule has 0 aliphatic heterocycles. The van der Waals surface area contributed by atoms with Crippen molar-refractivity contribution in [1.29, 1.82) is 0 Å². The van der Waals surface area contributed by atoms with Crippen molar-refractivity contribution in [2.45, 2.75) is 20.4 Å². The van der Waals surface area contributed by atoms with Crippen molar-refractivity contribution >= 4 is 37.8 Å². The molecule has 0 atom stereocenters. The summed E-state index contributed by atoms with van der Waals surface area (Å²) in [6, 6.07) is 3.69. The third kappa shape index (κ3) is 4.47. The van der Waals surface area contributed by atoms with Crippen molar-refractivity contribution in [3.63, 3.8) is 0 Å². The fraction of sp³-hybridized carbons (Fsp3) is 0.462. The number of phenolic OH excluding ortho intramolecular Hbond substituents is 1. The molecule has 0 heterocycles. The van der Waals surface area contributed by atoms with Crippen LogP contribution in [0.25, 0.3) is 0 Å². The Morgan fingerprint density at radius 3 is 2.32 bits per heavy atom. The van der Waals surface area contributed by atoms with E-state index >= 15 is 0 Å². The van der Waals surface area contributed by atoms with E-state index in [4.69, 9.17) is 0 Å². The van der Waals surface area contributed by atoms with E-state index in [0.717, 1.165) is 5.56 Å². The topological polar surface area (TPSA) is 61.4 Å². The van der Waals surface area contributed by atoms with Crippen LogP contribution in [0, 0.1) is 5.41 Å². The van der Waals surface area contributed by atoms with Gasteiger partial charge in [0.05, 0.1) is 14.4 Å². The number of amides is 1. The highest BCUT2D eigenvalue weighted by Gasteiger charge is 2.25. The molecule has 3 N–H and O–H groups in total. The van der Waals surface area contributed by atoms with Crippen molar-refractivity contribution in [2.24, 2.45) is 5.41 Å². The van der Waals surface area contributed by atoms with Gasteiger partial charge in [-0.3, -0.25) is 4.79 Å². The first-order chi connectivity index (χ1) is 8.77. The third-order valence-corrected chi connectivity index (χ3v) is 4.02. The number of hydrogen-bond acceptors (Lipinski definition) is 3. The van der Waals surface area contributed by atoms with Crippen molar-refractivity contribution < 1.29 is 9.90 Å². The maximum atomic E-state index is 11.6. The molecule has 0 saturated heterocycles. The van der Waals surface area contributed by atoms with Gasteiger partial charge < -0.3 is 15.7 Å². The minimum atomic E-state index is -0.458. The molecule has 0 radical (unpaired) electrons. The summed E-state index contributed by atoms with van der Waals surface area (Å²) in [5.41, 5.74) is 0.560. The Bertz CT molecular complexity index is 453. The second kappa shape index (κ2) is 6.72. The minimum Gasteiger partial charge on any atom is -0.506 e. The molecule has 0 aliphatic rings. The summed E-state index contributed by atoms with van der Waals surface area (Å²) < 4.78 is 1.29. The lowest BCUT2D eigenvalue weighted by atomic mass is 9.92. The van der Waals surface area contributed by atoms with Gasteiger partial charge in [0.2, 0.25) is 5.91 Å². The highest BCUT2D eigenvalue weighted by Crippen LogP contribution is 2.33. The maximum Gasteiger partial charge on any atom is 0.226 e. The van der Waals surface area contributed by atoms with Gasteiger partial charge in [0.15, 0.2) is 0 Å². The summed E-state index contributed by atoms with van der Waals surface area (Å²) in [5.74, 6) is 0.197. The Hall–Kier alpha value is -0.590.